The predicted octanol–water partition coefficient (Wildman–Crippen LogP) is 6.25. The quantitative estimate of drug-likeness (QED) is 0.244. The Morgan fingerprint density at radius 3 is 2.47 bits per heavy atom. The van der Waals surface area contributed by atoms with E-state index in [1.165, 1.54) is 0 Å². The number of amides is 1. The minimum Gasteiger partial charge on any atom is -0.497 e. The molecule has 3 aromatic carbocycles. The lowest BCUT2D eigenvalue weighted by molar-refractivity contribution is -0.133. The number of halogens is 1. The number of hydrazone groups is 1. The number of carbonyl (C=O) groups excluding carboxylic acids is 1. The number of fused-ring (bicyclic) bond motifs is 1. The first-order valence-corrected chi connectivity index (χ1v) is 13.1. The van der Waals surface area contributed by atoms with Crippen LogP contribution in [0.1, 0.15) is 23.6 Å². The Kier molecular flexibility index (Phi) is 6.47. The molecule has 2 aromatic heterocycles. The molecule has 1 atom stereocenters. The number of imidazole rings is 1. The number of carbonyl (C=O) groups is 1. The summed E-state index contributed by atoms with van der Waals surface area (Å²) in [5, 5.41) is 6.48. The molecule has 0 N–H and O–H groups in total. The second-order valence-corrected chi connectivity index (χ2v) is 9.93. The fourth-order valence-corrected chi connectivity index (χ4v) is 5.04. The molecule has 3 heterocycles. The molecule has 1 amide bonds. The maximum absolute atomic E-state index is 14.0. The van der Waals surface area contributed by atoms with E-state index < -0.39 is 0 Å². The lowest BCUT2D eigenvalue weighted by Crippen LogP contribution is -2.30. The highest BCUT2D eigenvalue weighted by Gasteiger charge is 2.34. The Bertz CT molecular complexity index is 1630. The van der Waals surface area contributed by atoms with Gasteiger partial charge in [0.15, 0.2) is 5.82 Å². The number of hydrogen-bond donors (Lipinski definition) is 0. The van der Waals surface area contributed by atoms with Crippen LogP contribution in [0.15, 0.2) is 107 Å². The zero-order valence-electron chi connectivity index (χ0n) is 20.7. The second kappa shape index (κ2) is 10.2. The summed E-state index contributed by atoms with van der Waals surface area (Å²) in [4.78, 5) is 23.3. The minimum absolute atomic E-state index is 0.0796. The highest BCUT2D eigenvalue weighted by Crippen LogP contribution is 2.35. The SMILES string of the molecule is COc1ccc(C2CC(c3ccc(Br)cc3)=NN2C(=O)Cn2c(-c3ccccn3)nc3ccccc32)cc1. The van der Waals surface area contributed by atoms with Gasteiger partial charge >= 0.3 is 0 Å². The van der Waals surface area contributed by atoms with Crippen molar-refractivity contribution >= 4 is 38.6 Å². The van der Waals surface area contributed by atoms with Crippen molar-refractivity contribution in [2.75, 3.05) is 7.11 Å². The molecule has 0 spiro atoms. The summed E-state index contributed by atoms with van der Waals surface area (Å²) in [6.07, 6.45) is 2.34. The maximum Gasteiger partial charge on any atom is 0.263 e. The fraction of sp³-hybridized carbons (Fsp3) is 0.133. The number of para-hydroxylation sites is 2. The number of rotatable bonds is 6. The van der Waals surface area contributed by atoms with Crippen LogP contribution >= 0.6 is 15.9 Å². The van der Waals surface area contributed by atoms with E-state index >= 15 is 0 Å². The van der Waals surface area contributed by atoms with Gasteiger partial charge in [-0.3, -0.25) is 9.78 Å². The van der Waals surface area contributed by atoms with E-state index in [2.05, 4.69) is 20.9 Å². The Morgan fingerprint density at radius 1 is 0.974 bits per heavy atom. The van der Waals surface area contributed by atoms with Gasteiger partial charge in [0, 0.05) is 17.1 Å². The third kappa shape index (κ3) is 4.59. The lowest BCUT2D eigenvalue weighted by atomic mass is 9.98. The van der Waals surface area contributed by atoms with Gasteiger partial charge in [-0.25, -0.2) is 9.99 Å². The number of pyridine rings is 1. The van der Waals surface area contributed by atoms with Crippen molar-refractivity contribution < 1.29 is 9.53 Å². The predicted molar refractivity (Wildman–Crippen MR) is 151 cm³/mol. The zero-order valence-corrected chi connectivity index (χ0v) is 22.2. The van der Waals surface area contributed by atoms with Gasteiger partial charge in [-0.15, -0.1) is 0 Å². The van der Waals surface area contributed by atoms with Crippen molar-refractivity contribution in [2.45, 2.75) is 19.0 Å². The van der Waals surface area contributed by atoms with Gasteiger partial charge in [-0.1, -0.05) is 58.4 Å². The maximum atomic E-state index is 14.0. The number of nitrogens with zero attached hydrogens (tertiary/aromatic N) is 5. The average molecular weight is 566 g/mol. The molecule has 1 aliphatic rings. The molecule has 0 bridgehead atoms. The molecule has 1 aliphatic heterocycles. The number of aromatic nitrogens is 3. The minimum atomic E-state index is -0.236. The van der Waals surface area contributed by atoms with Crippen LogP contribution in [0.25, 0.3) is 22.6 Å². The Hall–Kier alpha value is -4.30. The molecule has 38 heavy (non-hydrogen) atoms. The first-order valence-electron chi connectivity index (χ1n) is 12.3. The molecule has 7 nitrogen and oxygen atoms in total. The molecule has 0 aliphatic carbocycles. The van der Waals surface area contributed by atoms with Gasteiger partial charge in [-0.2, -0.15) is 5.10 Å². The van der Waals surface area contributed by atoms with Crippen molar-refractivity contribution in [2.24, 2.45) is 5.10 Å². The number of benzene rings is 3. The molecule has 188 valence electrons. The van der Waals surface area contributed by atoms with E-state index in [1.807, 2.05) is 95.6 Å². The van der Waals surface area contributed by atoms with Gasteiger partial charge < -0.3 is 9.30 Å². The van der Waals surface area contributed by atoms with Gasteiger partial charge in [0.2, 0.25) is 0 Å². The highest BCUT2D eigenvalue weighted by molar-refractivity contribution is 9.10. The fourth-order valence-electron chi connectivity index (χ4n) is 4.78. The molecule has 8 heteroatoms. The van der Waals surface area contributed by atoms with Gasteiger partial charge in [0.05, 0.1) is 29.9 Å². The van der Waals surface area contributed by atoms with Crippen molar-refractivity contribution in [1.29, 1.82) is 0 Å². The van der Waals surface area contributed by atoms with Crippen LogP contribution in [0, 0.1) is 0 Å². The monoisotopic (exact) mass is 565 g/mol. The van der Waals surface area contributed by atoms with E-state index in [-0.39, 0.29) is 18.5 Å². The highest BCUT2D eigenvalue weighted by atomic mass is 79.9. The van der Waals surface area contributed by atoms with Gasteiger partial charge in [0.25, 0.3) is 5.91 Å². The summed E-state index contributed by atoms with van der Waals surface area (Å²) < 4.78 is 8.27. The average Bonchev–Trinajstić information content (AvgIpc) is 3.57. The number of methoxy groups -OCH3 is 1. The van der Waals surface area contributed by atoms with Crippen LogP contribution in [-0.4, -0.2) is 38.3 Å². The topological polar surface area (TPSA) is 72.6 Å². The van der Waals surface area contributed by atoms with Crippen molar-refractivity contribution in [1.82, 2.24) is 19.5 Å². The second-order valence-electron chi connectivity index (χ2n) is 9.01. The third-order valence-electron chi connectivity index (χ3n) is 6.69. The van der Waals surface area contributed by atoms with Crippen LogP contribution in [0.5, 0.6) is 5.75 Å². The standard InChI is InChI=1S/C30H24BrN5O2/c1-38-23-15-11-21(12-16-23)28-18-26(20-9-13-22(31)14-10-20)34-36(28)29(37)19-35-27-8-3-2-6-24(27)33-30(35)25-7-4-5-17-32-25/h2-17,28H,18-19H2,1H3. The van der Waals surface area contributed by atoms with Crippen molar-refractivity contribution in [3.05, 3.63) is 113 Å². The molecule has 0 saturated carbocycles. The van der Waals surface area contributed by atoms with Crippen LogP contribution in [0.3, 0.4) is 0 Å². The summed E-state index contributed by atoms with van der Waals surface area (Å²) in [6, 6.07) is 29.1. The normalized spacial score (nSPS) is 15.1. The summed E-state index contributed by atoms with van der Waals surface area (Å²) in [5.74, 6) is 1.29. The molecule has 0 radical (unpaired) electrons. The number of hydrogen-bond acceptors (Lipinski definition) is 5. The van der Waals surface area contributed by atoms with Crippen molar-refractivity contribution in [3.8, 4) is 17.3 Å². The molecule has 0 saturated heterocycles. The van der Waals surface area contributed by atoms with E-state index in [4.69, 9.17) is 14.8 Å². The van der Waals surface area contributed by atoms with E-state index in [0.29, 0.717) is 17.9 Å². The zero-order chi connectivity index (χ0) is 26.1. The summed E-state index contributed by atoms with van der Waals surface area (Å²) in [7, 11) is 1.64. The Balaban J connectivity index is 1.39. The first-order chi connectivity index (χ1) is 18.6. The molecule has 0 fully saturated rings. The van der Waals surface area contributed by atoms with Crippen LogP contribution in [0.4, 0.5) is 0 Å². The van der Waals surface area contributed by atoms with E-state index in [1.54, 1.807) is 18.3 Å². The number of ether oxygens (including phenoxy) is 1. The van der Waals surface area contributed by atoms with Gasteiger partial charge in [-0.05, 0) is 59.7 Å². The summed E-state index contributed by atoms with van der Waals surface area (Å²) in [6.45, 7) is 0.0796. The van der Waals surface area contributed by atoms with Crippen molar-refractivity contribution in [3.63, 3.8) is 0 Å². The van der Waals surface area contributed by atoms with Crippen LogP contribution in [-0.2, 0) is 11.3 Å². The van der Waals surface area contributed by atoms with Crippen LogP contribution in [0.2, 0.25) is 0 Å². The largest absolute Gasteiger partial charge is 0.497 e. The van der Waals surface area contributed by atoms with E-state index in [0.717, 1.165) is 38.1 Å². The van der Waals surface area contributed by atoms with Crippen LogP contribution < -0.4 is 4.74 Å². The lowest BCUT2D eigenvalue weighted by Gasteiger charge is -2.23. The molecule has 6 rings (SSSR count). The Labute approximate surface area is 228 Å². The molecule has 5 aromatic rings. The van der Waals surface area contributed by atoms with E-state index in [9.17, 15) is 4.79 Å². The van der Waals surface area contributed by atoms with Gasteiger partial charge in [0.1, 0.15) is 18.0 Å². The molecular weight excluding hydrogens is 542 g/mol. The molecule has 1 unspecified atom stereocenters. The summed E-state index contributed by atoms with van der Waals surface area (Å²) in [5.41, 5.74) is 5.25. The third-order valence-corrected chi connectivity index (χ3v) is 7.21. The first kappa shape index (κ1) is 24.1. The summed E-state index contributed by atoms with van der Waals surface area (Å²) >= 11 is 3.50. The smallest absolute Gasteiger partial charge is 0.263 e. The molecular formula is C30H24BrN5O2. The Morgan fingerprint density at radius 2 is 1.74 bits per heavy atom.